The molecule has 0 radical (unpaired) electrons. The Morgan fingerprint density at radius 2 is 1.29 bits per heavy atom. The summed E-state index contributed by atoms with van der Waals surface area (Å²) in [7, 11) is 1.61. The van der Waals surface area contributed by atoms with E-state index in [9.17, 15) is 9.59 Å². The molecule has 1 amide bonds. The molecule has 5 aromatic rings. The summed E-state index contributed by atoms with van der Waals surface area (Å²) in [4.78, 5) is 32.6. The monoisotopic (exact) mass is 501 g/mol. The molecule has 1 N–H and O–H groups in total. The summed E-state index contributed by atoms with van der Waals surface area (Å²) in [5, 5.41) is 3.00. The van der Waals surface area contributed by atoms with Gasteiger partial charge >= 0.3 is 0 Å². The largest absolute Gasteiger partial charge is 0.497 e. The number of hydrogen-bond acceptors (Lipinski definition) is 4. The van der Waals surface area contributed by atoms with Crippen LogP contribution in [0.15, 0.2) is 120 Å². The Hall–Kier alpha value is -4.97. The molecule has 1 heterocycles. The van der Waals surface area contributed by atoms with Gasteiger partial charge in [-0.15, -0.1) is 0 Å². The summed E-state index contributed by atoms with van der Waals surface area (Å²) in [6.07, 6.45) is 0. The maximum Gasteiger partial charge on any atom is 0.278 e. The summed E-state index contributed by atoms with van der Waals surface area (Å²) >= 11 is 0. The van der Waals surface area contributed by atoms with Crippen LogP contribution >= 0.6 is 0 Å². The molecule has 38 heavy (non-hydrogen) atoms. The summed E-state index contributed by atoms with van der Waals surface area (Å²) in [5.74, 6) is 0.344. The third-order valence-corrected chi connectivity index (χ3v) is 6.27. The summed E-state index contributed by atoms with van der Waals surface area (Å²) < 4.78 is 6.82. The van der Waals surface area contributed by atoms with Crippen molar-refractivity contribution in [3.8, 4) is 28.3 Å². The van der Waals surface area contributed by atoms with Gasteiger partial charge < -0.3 is 10.1 Å². The molecule has 0 aliphatic heterocycles. The van der Waals surface area contributed by atoms with Crippen LogP contribution in [0.3, 0.4) is 0 Å². The van der Waals surface area contributed by atoms with Gasteiger partial charge in [-0.2, -0.15) is 0 Å². The van der Waals surface area contributed by atoms with Crippen LogP contribution in [0, 0.1) is 0 Å². The first-order valence-corrected chi connectivity index (χ1v) is 12.3. The normalized spacial score (nSPS) is 10.7. The Balaban J connectivity index is 1.69. The minimum Gasteiger partial charge on any atom is -0.497 e. The topological polar surface area (TPSA) is 73.2 Å². The summed E-state index contributed by atoms with van der Waals surface area (Å²) in [5.41, 5.74) is 3.87. The molecule has 0 aliphatic rings. The zero-order valence-corrected chi connectivity index (χ0v) is 21.0. The summed E-state index contributed by atoms with van der Waals surface area (Å²) in [6, 6.07) is 35.9. The molecule has 0 saturated carbocycles. The van der Waals surface area contributed by atoms with Crippen LogP contribution in [0.1, 0.15) is 21.6 Å². The van der Waals surface area contributed by atoms with Gasteiger partial charge in [-0.25, -0.2) is 4.98 Å². The number of aromatic nitrogens is 2. The molecule has 0 fully saturated rings. The van der Waals surface area contributed by atoms with E-state index in [4.69, 9.17) is 9.72 Å². The van der Waals surface area contributed by atoms with Gasteiger partial charge in [0.25, 0.3) is 11.5 Å². The van der Waals surface area contributed by atoms with Crippen molar-refractivity contribution in [2.45, 2.75) is 13.1 Å². The number of nitrogens with one attached hydrogen (secondary N) is 1. The number of amides is 1. The van der Waals surface area contributed by atoms with Crippen molar-refractivity contribution >= 4 is 5.91 Å². The van der Waals surface area contributed by atoms with Crippen molar-refractivity contribution in [2.24, 2.45) is 0 Å². The molecule has 0 unspecified atom stereocenters. The SMILES string of the molecule is COc1ccc(Cn2c(C(=O)NCc3ccccc3)c(-c3ccccc3)nc(-c3ccccc3)c2=O)cc1. The van der Waals surface area contributed by atoms with E-state index < -0.39 is 0 Å². The van der Waals surface area contributed by atoms with Gasteiger partial charge in [0.2, 0.25) is 0 Å². The first-order valence-electron chi connectivity index (χ1n) is 12.3. The molecule has 6 heteroatoms. The van der Waals surface area contributed by atoms with E-state index in [-0.39, 0.29) is 29.4 Å². The van der Waals surface area contributed by atoms with Crippen LogP contribution in [-0.2, 0) is 13.1 Å². The van der Waals surface area contributed by atoms with E-state index in [2.05, 4.69) is 5.32 Å². The minimum absolute atomic E-state index is 0.194. The molecule has 0 aliphatic carbocycles. The molecule has 1 aromatic heterocycles. The molecular weight excluding hydrogens is 474 g/mol. The van der Waals surface area contributed by atoms with E-state index in [0.29, 0.717) is 23.6 Å². The van der Waals surface area contributed by atoms with Crippen LogP contribution in [-0.4, -0.2) is 22.6 Å². The smallest absolute Gasteiger partial charge is 0.278 e. The van der Waals surface area contributed by atoms with Crippen molar-refractivity contribution in [3.05, 3.63) is 142 Å². The average Bonchev–Trinajstić information content (AvgIpc) is 2.98. The van der Waals surface area contributed by atoms with Gasteiger partial charge in [0, 0.05) is 17.7 Å². The van der Waals surface area contributed by atoms with Crippen LogP contribution in [0.4, 0.5) is 0 Å². The highest BCUT2D eigenvalue weighted by atomic mass is 16.5. The van der Waals surface area contributed by atoms with Gasteiger partial charge in [0.15, 0.2) is 0 Å². The molecule has 4 aromatic carbocycles. The number of methoxy groups -OCH3 is 1. The average molecular weight is 502 g/mol. The second-order valence-corrected chi connectivity index (χ2v) is 8.80. The van der Waals surface area contributed by atoms with Gasteiger partial charge in [-0.1, -0.05) is 103 Å². The Kier molecular flexibility index (Phi) is 7.41. The van der Waals surface area contributed by atoms with E-state index >= 15 is 0 Å². The van der Waals surface area contributed by atoms with E-state index in [1.165, 1.54) is 4.57 Å². The molecule has 6 nitrogen and oxygen atoms in total. The van der Waals surface area contributed by atoms with Gasteiger partial charge in [-0.05, 0) is 23.3 Å². The Bertz CT molecular complexity index is 1580. The van der Waals surface area contributed by atoms with Crippen molar-refractivity contribution in [3.63, 3.8) is 0 Å². The fourth-order valence-electron chi connectivity index (χ4n) is 4.31. The van der Waals surface area contributed by atoms with Gasteiger partial charge in [0.05, 0.1) is 13.7 Å². The number of hydrogen-bond donors (Lipinski definition) is 1. The first kappa shape index (κ1) is 24.7. The van der Waals surface area contributed by atoms with Crippen LogP contribution < -0.4 is 15.6 Å². The Labute approximate surface area is 221 Å². The van der Waals surface area contributed by atoms with Crippen LogP contribution in [0.25, 0.3) is 22.5 Å². The maximum absolute atomic E-state index is 14.0. The predicted molar refractivity (Wildman–Crippen MR) is 149 cm³/mol. The lowest BCUT2D eigenvalue weighted by molar-refractivity contribution is 0.0941. The molecule has 188 valence electrons. The van der Waals surface area contributed by atoms with Crippen molar-refractivity contribution in [1.82, 2.24) is 14.9 Å². The Morgan fingerprint density at radius 1 is 0.737 bits per heavy atom. The van der Waals surface area contributed by atoms with E-state index in [1.54, 1.807) is 7.11 Å². The fraction of sp³-hybridized carbons (Fsp3) is 0.0938. The standard InChI is InChI=1S/C32H27N3O3/c1-38-27-19-17-24(18-20-27)22-35-30(31(36)33-21-23-11-5-2-6-12-23)28(25-13-7-3-8-14-25)34-29(32(35)37)26-15-9-4-10-16-26/h2-20H,21-22H2,1H3,(H,33,36). The molecule has 0 bridgehead atoms. The van der Waals surface area contributed by atoms with Gasteiger partial charge in [0.1, 0.15) is 22.8 Å². The lowest BCUT2D eigenvalue weighted by atomic mass is 10.1. The quantitative estimate of drug-likeness (QED) is 0.302. The highest BCUT2D eigenvalue weighted by Gasteiger charge is 2.24. The fourth-order valence-corrected chi connectivity index (χ4v) is 4.31. The highest BCUT2D eigenvalue weighted by Crippen LogP contribution is 2.25. The predicted octanol–water partition coefficient (Wildman–Crippen LogP) is 5.56. The number of carbonyl (C=O) groups excluding carboxylic acids is 1. The second kappa shape index (κ2) is 11.4. The molecule has 0 saturated heterocycles. The van der Waals surface area contributed by atoms with Crippen LogP contribution in [0.5, 0.6) is 5.75 Å². The van der Waals surface area contributed by atoms with Gasteiger partial charge in [-0.3, -0.25) is 14.2 Å². The lowest BCUT2D eigenvalue weighted by Crippen LogP contribution is -2.35. The van der Waals surface area contributed by atoms with Crippen molar-refractivity contribution < 1.29 is 9.53 Å². The van der Waals surface area contributed by atoms with E-state index in [0.717, 1.165) is 16.7 Å². The minimum atomic E-state index is -0.370. The van der Waals surface area contributed by atoms with Crippen molar-refractivity contribution in [2.75, 3.05) is 7.11 Å². The molecule has 5 rings (SSSR count). The number of ether oxygens (including phenoxy) is 1. The zero-order valence-electron chi connectivity index (χ0n) is 21.0. The zero-order chi connectivity index (χ0) is 26.3. The number of carbonyl (C=O) groups is 1. The lowest BCUT2D eigenvalue weighted by Gasteiger charge is -2.19. The third-order valence-electron chi connectivity index (χ3n) is 6.27. The molecule has 0 atom stereocenters. The number of benzene rings is 4. The summed E-state index contributed by atoms with van der Waals surface area (Å²) in [6.45, 7) is 0.518. The van der Waals surface area contributed by atoms with Crippen molar-refractivity contribution in [1.29, 1.82) is 0 Å². The Morgan fingerprint density at radius 3 is 1.87 bits per heavy atom. The molecular formula is C32H27N3O3. The maximum atomic E-state index is 14.0. The number of rotatable bonds is 8. The van der Waals surface area contributed by atoms with Crippen LogP contribution in [0.2, 0.25) is 0 Å². The third kappa shape index (κ3) is 5.39. The molecule has 0 spiro atoms. The second-order valence-electron chi connectivity index (χ2n) is 8.80. The highest BCUT2D eigenvalue weighted by molar-refractivity contribution is 5.98. The van der Waals surface area contributed by atoms with E-state index in [1.807, 2.05) is 115 Å². The number of nitrogens with zero attached hydrogens (tertiary/aromatic N) is 2. The first-order chi connectivity index (χ1) is 18.6.